The Labute approximate surface area is 145 Å². The van der Waals surface area contributed by atoms with Gasteiger partial charge in [0.15, 0.2) is 0 Å². The number of ether oxygens (including phenoxy) is 1. The molecule has 3 heteroatoms. The van der Waals surface area contributed by atoms with E-state index in [1.165, 1.54) is 37.1 Å². The van der Waals surface area contributed by atoms with Gasteiger partial charge in [-0.1, -0.05) is 60.7 Å². The van der Waals surface area contributed by atoms with E-state index < -0.39 is 0 Å². The molecule has 0 aromatic heterocycles. The van der Waals surface area contributed by atoms with Crippen molar-refractivity contribution in [2.75, 3.05) is 19.7 Å². The van der Waals surface area contributed by atoms with Crippen LogP contribution >= 0.6 is 12.4 Å². The first-order valence-electron chi connectivity index (χ1n) is 8.28. The van der Waals surface area contributed by atoms with Crippen LogP contribution in [0, 0.1) is 5.92 Å². The maximum Gasteiger partial charge on any atom is 0.0717 e. The lowest BCUT2D eigenvalue weighted by Gasteiger charge is -2.31. The number of benzene rings is 2. The molecule has 1 aliphatic rings. The van der Waals surface area contributed by atoms with Gasteiger partial charge in [0.05, 0.1) is 6.61 Å². The zero-order chi connectivity index (χ0) is 15.0. The minimum atomic E-state index is 0. The average Bonchev–Trinajstić information content (AvgIpc) is 2.58. The summed E-state index contributed by atoms with van der Waals surface area (Å²) in [5.74, 6) is 0.718. The van der Waals surface area contributed by atoms with Crippen LogP contribution in [0.4, 0.5) is 0 Å². The van der Waals surface area contributed by atoms with Crippen molar-refractivity contribution in [2.24, 2.45) is 5.92 Å². The molecule has 1 fully saturated rings. The van der Waals surface area contributed by atoms with Crippen LogP contribution in [0.1, 0.15) is 24.0 Å². The second-order valence-corrected chi connectivity index (χ2v) is 6.21. The van der Waals surface area contributed by atoms with E-state index >= 15 is 0 Å². The third kappa shape index (κ3) is 5.98. The third-order valence-electron chi connectivity index (χ3n) is 4.42. The Morgan fingerprint density at radius 2 is 1.39 bits per heavy atom. The molecule has 1 aliphatic heterocycles. The maximum absolute atomic E-state index is 5.89. The summed E-state index contributed by atoms with van der Waals surface area (Å²) in [6, 6.07) is 21.2. The van der Waals surface area contributed by atoms with Crippen LogP contribution in [0.5, 0.6) is 0 Å². The fourth-order valence-corrected chi connectivity index (χ4v) is 3.07. The van der Waals surface area contributed by atoms with Crippen molar-refractivity contribution >= 4 is 12.4 Å². The first-order valence-corrected chi connectivity index (χ1v) is 8.28. The normalized spacial score (nSPS) is 16.0. The van der Waals surface area contributed by atoms with Crippen LogP contribution in [-0.2, 0) is 17.9 Å². The summed E-state index contributed by atoms with van der Waals surface area (Å²) in [6.45, 7) is 5.10. The number of rotatable bonds is 6. The SMILES string of the molecule is Cl.c1ccc(COCC2CCN(Cc3ccccc3)CC2)cc1. The molecule has 2 aromatic carbocycles. The third-order valence-corrected chi connectivity index (χ3v) is 4.42. The monoisotopic (exact) mass is 331 g/mol. The zero-order valence-corrected chi connectivity index (χ0v) is 14.4. The van der Waals surface area contributed by atoms with E-state index in [-0.39, 0.29) is 12.4 Å². The molecule has 0 aliphatic carbocycles. The Morgan fingerprint density at radius 1 is 0.826 bits per heavy atom. The molecule has 0 unspecified atom stereocenters. The lowest BCUT2D eigenvalue weighted by molar-refractivity contribution is 0.0562. The molecule has 23 heavy (non-hydrogen) atoms. The van der Waals surface area contributed by atoms with Crippen molar-refractivity contribution < 1.29 is 4.74 Å². The van der Waals surface area contributed by atoms with Crippen molar-refractivity contribution in [1.82, 2.24) is 4.90 Å². The van der Waals surface area contributed by atoms with Gasteiger partial charge >= 0.3 is 0 Å². The van der Waals surface area contributed by atoms with Crippen LogP contribution < -0.4 is 0 Å². The summed E-state index contributed by atoms with van der Waals surface area (Å²) in [5, 5.41) is 0. The molecule has 0 bridgehead atoms. The minimum absolute atomic E-state index is 0. The Hall–Kier alpha value is -1.35. The van der Waals surface area contributed by atoms with Crippen LogP contribution in [0.2, 0.25) is 0 Å². The van der Waals surface area contributed by atoms with Crippen molar-refractivity contribution in [3.63, 3.8) is 0 Å². The van der Waals surface area contributed by atoms with E-state index in [1.54, 1.807) is 0 Å². The average molecular weight is 332 g/mol. The molecule has 0 radical (unpaired) electrons. The topological polar surface area (TPSA) is 12.5 Å². The molecule has 3 rings (SSSR count). The highest BCUT2D eigenvalue weighted by Crippen LogP contribution is 2.19. The Kier molecular flexibility index (Phi) is 7.60. The Morgan fingerprint density at radius 3 is 2.00 bits per heavy atom. The van der Waals surface area contributed by atoms with Crippen LogP contribution in [0.15, 0.2) is 60.7 Å². The Balaban J connectivity index is 0.00000192. The van der Waals surface area contributed by atoms with Gasteiger partial charge in [-0.25, -0.2) is 0 Å². The van der Waals surface area contributed by atoms with Crippen molar-refractivity contribution in [3.8, 4) is 0 Å². The van der Waals surface area contributed by atoms with Gasteiger partial charge < -0.3 is 4.74 Å². The minimum Gasteiger partial charge on any atom is -0.376 e. The summed E-state index contributed by atoms with van der Waals surface area (Å²) in [5.41, 5.74) is 2.69. The second kappa shape index (κ2) is 9.71. The lowest BCUT2D eigenvalue weighted by atomic mass is 9.97. The van der Waals surface area contributed by atoms with Gasteiger partial charge in [0.1, 0.15) is 0 Å². The van der Waals surface area contributed by atoms with Crippen LogP contribution in [0.3, 0.4) is 0 Å². The highest BCUT2D eigenvalue weighted by molar-refractivity contribution is 5.85. The molecule has 0 spiro atoms. The summed E-state index contributed by atoms with van der Waals surface area (Å²) in [6.07, 6.45) is 2.50. The van der Waals surface area contributed by atoms with E-state index in [1.807, 2.05) is 6.07 Å². The molecule has 0 atom stereocenters. The second-order valence-electron chi connectivity index (χ2n) is 6.21. The lowest BCUT2D eigenvalue weighted by Crippen LogP contribution is -2.34. The standard InChI is InChI=1S/C20H25NO.ClH/c1-3-7-18(8-4-1)15-21-13-11-20(12-14-21)17-22-16-19-9-5-2-6-10-19;/h1-10,20H,11-17H2;1H. The van der Waals surface area contributed by atoms with Gasteiger partial charge in [-0.3, -0.25) is 4.90 Å². The summed E-state index contributed by atoms with van der Waals surface area (Å²) in [4.78, 5) is 2.56. The predicted octanol–water partition coefficient (Wildman–Crippen LogP) is 4.54. The van der Waals surface area contributed by atoms with Gasteiger partial charge in [-0.2, -0.15) is 0 Å². The smallest absolute Gasteiger partial charge is 0.0717 e. The van der Waals surface area contributed by atoms with Gasteiger partial charge in [-0.05, 0) is 43.0 Å². The van der Waals surface area contributed by atoms with Crippen molar-refractivity contribution in [3.05, 3.63) is 71.8 Å². The molecule has 0 N–H and O–H groups in total. The quantitative estimate of drug-likeness (QED) is 0.770. The van der Waals surface area contributed by atoms with Crippen LogP contribution in [0.25, 0.3) is 0 Å². The largest absolute Gasteiger partial charge is 0.376 e. The molecule has 124 valence electrons. The van der Waals surface area contributed by atoms with Crippen molar-refractivity contribution in [1.29, 1.82) is 0 Å². The first kappa shape index (κ1) is 18.0. The molecule has 0 saturated carbocycles. The number of likely N-dealkylation sites (tertiary alicyclic amines) is 1. The van der Waals surface area contributed by atoms with Gasteiger partial charge in [0.25, 0.3) is 0 Å². The summed E-state index contributed by atoms with van der Waals surface area (Å²) in [7, 11) is 0. The van der Waals surface area contributed by atoms with E-state index in [0.717, 1.165) is 25.7 Å². The number of hydrogen-bond acceptors (Lipinski definition) is 2. The molecule has 1 saturated heterocycles. The fraction of sp³-hybridized carbons (Fsp3) is 0.400. The van der Waals surface area contributed by atoms with Gasteiger partial charge in [0, 0.05) is 13.2 Å². The highest BCUT2D eigenvalue weighted by Gasteiger charge is 2.19. The van der Waals surface area contributed by atoms with Gasteiger partial charge in [0.2, 0.25) is 0 Å². The summed E-state index contributed by atoms with van der Waals surface area (Å²) >= 11 is 0. The Bertz CT molecular complexity index is 538. The number of nitrogens with zero attached hydrogens (tertiary/aromatic N) is 1. The van der Waals surface area contributed by atoms with E-state index in [4.69, 9.17) is 4.74 Å². The zero-order valence-electron chi connectivity index (χ0n) is 13.6. The number of piperidine rings is 1. The molecule has 0 amide bonds. The van der Waals surface area contributed by atoms with E-state index in [9.17, 15) is 0 Å². The first-order chi connectivity index (χ1) is 10.9. The summed E-state index contributed by atoms with van der Waals surface area (Å²) < 4.78 is 5.89. The van der Waals surface area contributed by atoms with Crippen molar-refractivity contribution in [2.45, 2.75) is 26.0 Å². The number of halogens is 1. The van der Waals surface area contributed by atoms with E-state index in [2.05, 4.69) is 59.5 Å². The molecular formula is C20H26ClNO. The molecular weight excluding hydrogens is 306 g/mol. The van der Waals surface area contributed by atoms with Crippen LogP contribution in [-0.4, -0.2) is 24.6 Å². The van der Waals surface area contributed by atoms with E-state index in [0.29, 0.717) is 0 Å². The molecule has 1 heterocycles. The highest BCUT2D eigenvalue weighted by atomic mass is 35.5. The molecule has 2 aromatic rings. The molecule has 2 nitrogen and oxygen atoms in total. The number of hydrogen-bond donors (Lipinski definition) is 0. The maximum atomic E-state index is 5.89. The fourth-order valence-electron chi connectivity index (χ4n) is 3.07. The predicted molar refractivity (Wildman–Crippen MR) is 97.8 cm³/mol. The van der Waals surface area contributed by atoms with Gasteiger partial charge in [-0.15, -0.1) is 12.4 Å².